The second kappa shape index (κ2) is 7.29. The number of aliphatic hydroxyl groups is 1. The Balaban J connectivity index is 1.97. The normalized spacial score (nSPS) is 12.5. The minimum absolute atomic E-state index is 0.115. The van der Waals surface area contributed by atoms with E-state index in [1.165, 1.54) is 0 Å². The summed E-state index contributed by atoms with van der Waals surface area (Å²) in [7, 11) is 1.59. The first-order valence-corrected chi connectivity index (χ1v) is 7.61. The fourth-order valence-electron chi connectivity index (χ4n) is 2.34. The molecule has 0 fully saturated rings. The van der Waals surface area contributed by atoms with Gasteiger partial charge in [0.05, 0.1) is 18.6 Å². The summed E-state index contributed by atoms with van der Waals surface area (Å²) in [5, 5.41) is 13.0. The molecule has 122 valence electrons. The van der Waals surface area contributed by atoms with Crippen LogP contribution in [0.4, 0.5) is 0 Å². The van der Waals surface area contributed by atoms with Crippen molar-refractivity contribution in [1.29, 1.82) is 0 Å². The van der Waals surface area contributed by atoms with Crippen molar-refractivity contribution in [3.05, 3.63) is 65.7 Å². The summed E-state index contributed by atoms with van der Waals surface area (Å²) in [6.07, 6.45) is -0.753. The van der Waals surface area contributed by atoms with Gasteiger partial charge < -0.3 is 15.2 Å². The number of hydrogen-bond acceptors (Lipinski definition) is 3. The van der Waals surface area contributed by atoms with Gasteiger partial charge in [0.25, 0.3) is 0 Å². The van der Waals surface area contributed by atoms with Gasteiger partial charge in [-0.2, -0.15) is 0 Å². The molecular formula is C19H23NO3. The molecule has 1 unspecified atom stereocenters. The number of rotatable bonds is 6. The lowest BCUT2D eigenvalue weighted by Gasteiger charge is -2.25. The molecule has 0 bridgehead atoms. The Hall–Kier alpha value is -2.33. The van der Waals surface area contributed by atoms with Gasteiger partial charge >= 0.3 is 0 Å². The summed E-state index contributed by atoms with van der Waals surface area (Å²) in [4.78, 5) is 12.5. The van der Waals surface area contributed by atoms with Gasteiger partial charge in [-0.05, 0) is 37.1 Å². The number of benzene rings is 2. The van der Waals surface area contributed by atoms with Crippen molar-refractivity contribution >= 4 is 5.91 Å². The lowest BCUT2D eigenvalue weighted by molar-refractivity contribution is -0.126. The number of amides is 1. The van der Waals surface area contributed by atoms with Gasteiger partial charge in [-0.25, -0.2) is 0 Å². The lowest BCUT2D eigenvalue weighted by Crippen LogP contribution is -2.41. The highest BCUT2D eigenvalue weighted by Crippen LogP contribution is 2.23. The Morgan fingerprint density at radius 2 is 1.74 bits per heavy atom. The van der Waals surface area contributed by atoms with E-state index in [-0.39, 0.29) is 12.5 Å². The molecule has 2 N–H and O–H groups in total. The Morgan fingerprint density at radius 3 is 2.30 bits per heavy atom. The maximum absolute atomic E-state index is 12.5. The van der Waals surface area contributed by atoms with Crippen LogP contribution in [0.25, 0.3) is 0 Å². The van der Waals surface area contributed by atoms with Crippen LogP contribution in [0, 0.1) is 0 Å². The fourth-order valence-corrected chi connectivity index (χ4v) is 2.34. The monoisotopic (exact) mass is 313 g/mol. The molecule has 0 saturated heterocycles. The molecule has 0 saturated carbocycles. The molecule has 4 heteroatoms. The lowest BCUT2D eigenvalue weighted by atomic mass is 9.83. The van der Waals surface area contributed by atoms with E-state index < -0.39 is 11.5 Å². The molecule has 23 heavy (non-hydrogen) atoms. The first-order valence-electron chi connectivity index (χ1n) is 7.61. The van der Waals surface area contributed by atoms with Gasteiger partial charge in [0.15, 0.2) is 0 Å². The highest BCUT2D eigenvalue weighted by atomic mass is 16.5. The van der Waals surface area contributed by atoms with E-state index in [4.69, 9.17) is 4.74 Å². The Kier molecular flexibility index (Phi) is 5.40. The van der Waals surface area contributed by atoms with Crippen LogP contribution in [0.15, 0.2) is 54.6 Å². The summed E-state index contributed by atoms with van der Waals surface area (Å²) in [6, 6.07) is 16.8. The van der Waals surface area contributed by atoms with E-state index in [0.717, 1.165) is 16.9 Å². The van der Waals surface area contributed by atoms with Crippen molar-refractivity contribution in [2.24, 2.45) is 0 Å². The fraction of sp³-hybridized carbons (Fsp3) is 0.316. The summed E-state index contributed by atoms with van der Waals surface area (Å²) >= 11 is 0. The number of methoxy groups -OCH3 is 1. The summed E-state index contributed by atoms with van der Waals surface area (Å²) in [6.45, 7) is 3.91. The first-order chi connectivity index (χ1) is 10.9. The predicted octanol–water partition coefficient (Wildman–Crippen LogP) is 2.82. The van der Waals surface area contributed by atoms with E-state index >= 15 is 0 Å². The zero-order valence-electron chi connectivity index (χ0n) is 13.7. The molecule has 2 aromatic carbocycles. The van der Waals surface area contributed by atoms with Crippen LogP contribution < -0.4 is 10.1 Å². The van der Waals surface area contributed by atoms with Crippen LogP contribution >= 0.6 is 0 Å². The van der Waals surface area contributed by atoms with E-state index in [1.54, 1.807) is 31.4 Å². The van der Waals surface area contributed by atoms with E-state index in [0.29, 0.717) is 0 Å². The molecular weight excluding hydrogens is 290 g/mol. The Morgan fingerprint density at radius 1 is 1.13 bits per heavy atom. The second-order valence-electron chi connectivity index (χ2n) is 5.99. The molecule has 0 aliphatic rings. The van der Waals surface area contributed by atoms with Crippen LogP contribution in [-0.4, -0.2) is 24.7 Å². The number of carbonyl (C=O) groups excluding carboxylic acids is 1. The average molecular weight is 313 g/mol. The highest BCUT2D eigenvalue weighted by molar-refractivity contribution is 5.87. The topological polar surface area (TPSA) is 58.6 Å². The van der Waals surface area contributed by atoms with E-state index in [1.807, 2.05) is 44.2 Å². The number of nitrogens with one attached hydrogen (secondary N) is 1. The van der Waals surface area contributed by atoms with E-state index in [9.17, 15) is 9.90 Å². The van der Waals surface area contributed by atoms with Crippen molar-refractivity contribution in [1.82, 2.24) is 5.32 Å². The van der Waals surface area contributed by atoms with Gasteiger partial charge in [0.2, 0.25) is 5.91 Å². The molecule has 2 aromatic rings. The van der Waals surface area contributed by atoms with Gasteiger partial charge in [-0.1, -0.05) is 42.5 Å². The number of carbonyl (C=O) groups is 1. The average Bonchev–Trinajstić information content (AvgIpc) is 2.60. The molecule has 0 radical (unpaired) electrons. The number of hydrogen-bond donors (Lipinski definition) is 2. The first kappa shape index (κ1) is 17.0. The number of ether oxygens (including phenoxy) is 1. The molecule has 4 nitrogen and oxygen atoms in total. The third-order valence-corrected chi connectivity index (χ3v) is 4.02. The molecule has 0 aromatic heterocycles. The molecule has 2 rings (SSSR count). The third-order valence-electron chi connectivity index (χ3n) is 4.02. The van der Waals surface area contributed by atoms with Crippen LogP contribution in [-0.2, 0) is 10.2 Å². The maximum atomic E-state index is 12.5. The zero-order chi connectivity index (χ0) is 16.9. The van der Waals surface area contributed by atoms with Crippen LogP contribution in [0.3, 0.4) is 0 Å². The zero-order valence-corrected chi connectivity index (χ0v) is 13.7. The SMILES string of the molecule is COc1ccc(C(O)CNC(=O)C(C)(C)c2ccccc2)cc1. The summed E-state index contributed by atoms with van der Waals surface area (Å²) in [5.74, 6) is 0.617. The van der Waals surface area contributed by atoms with Gasteiger partial charge in [0.1, 0.15) is 5.75 Å². The Bertz CT molecular complexity index is 635. The largest absolute Gasteiger partial charge is 0.497 e. The quantitative estimate of drug-likeness (QED) is 0.862. The van der Waals surface area contributed by atoms with Crippen LogP contribution in [0.5, 0.6) is 5.75 Å². The van der Waals surface area contributed by atoms with Crippen molar-refractivity contribution in [3.63, 3.8) is 0 Å². The van der Waals surface area contributed by atoms with Gasteiger partial charge in [-0.3, -0.25) is 4.79 Å². The van der Waals surface area contributed by atoms with E-state index in [2.05, 4.69) is 5.32 Å². The van der Waals surface area contributed by atoms with Crippen LogP contribution in [0.2, 0.25) is 0 Å². The maximum Gasteiger partial charge on any atom is 0.230 e. The van der Waals surface area contributed by atoms with Crippen molar-refractivity contribution in [2.45, 2.75) is 25.4 Å². The summed E-state index contributed by atoms with van der Waals surface area (Å²) in [5.41, 5.74) is 1.03. The van der Waals surface area contributed by atoms with Crippen molar-refractivity contribution in [2.75, 3.05) is 13.7 Å². The highest BCUT2D eigenvalue weighted by Gasteiger charge is 2.29. The minimum Gasteiger partial charge on any atom is -0.497 e. The molecule has 1 amide bonds. The van der Waals surface area contributed by atoms with Crippen molar-refractivity contribution in [3.8, 4) is 5.75 Å². The molecule has 0 spiro atoms. The van der Waals surface area contributed by atoms with Crippen molar-refractivity contribution < 1.29 is 14.6 Å². The smallest absolute Gasteiger partial charge is 0.230 e. The molecule has 0 aliphatic carbocycles. The van der Waals surface area contributed by atoms with Crippen LogP contribution in [0.1, 0.15) is 31.1 Å². The van der Waals surface area contributed by atoms with Gasteiger partial charge in [0, 0.05) is 6.54 Å². The molecule has 0 heterocycles. The molecule has 0 aliphatic heterocycles. The second-order valence-corrected chi connectivity index (χ2v) is 5.99. The Labute approximate surface area is 137 Å². The molecule has 1 atom stereocenters. The minimum atomic E-state index is -0.753. The third kappa shape index (κ3) is 4.11. The van der Waals surface area contributed by atoms with Gasteiger partial charge in [-0.15, -0.1) is 0 Å². The number of aliphatic hydroxyl groups excluding tert-OH is 1. The summed E-state index contributed by atoms with van der Waals surface area (Å²) < 4.78 is 5.09. The standard InChI is InChI=1S/C19H23NO3/c1-19(2,15-7-5-4-6-8-15)18(22)20-13-17(21)14-9-11-16(23-3)12-10-14/h4-12,17,21H,13H2,1-3H3,(H,20,22). The predicted molar refractivity (Wildman–Crippen MR) is 90.4 cm³/mol.